The Balaban J connectivity index is 1.82. The lowest BCUT2D eigenvalue weighted by atomic mass is 10.2. The minimum Gasteiger partial charge on any atom is -0.508 e. The quantitative estimate of drug-likeness (QED) is 0.615. The van der Waals surface area contributed by atoms with Crippen molar-refractivity contribution in [3.63, 3.8) is 0 Å². The maximum Gasteiger partial charge on any atom is 0.141 e. The number of benzene rings is 1. The van der Waals surface area contributed by atoms with Crippen molar-refractivity contribution in [1.29, 1.82) is 0 Å². The molecule has 23 heavy (non-hydrogen) atoms. The van der Waals surface area contributed by atoms with Gasteiger partial charge in [0.2, 0.25) is 0 Å². The average molecular weight is 321 g/mol. The molecular weight excluding hydrogens is 306 g/mol. The van der Waals surface area contributed by atoms with Crippen LogP contribution in [-0.4, -0.2) is 19.6 Å². The van der Waals surface area contributed by atoms with E-state index in [2.05, 4.69) is 27.1 Å². The molecule has 4 aromatic rings. The molecule has 0 amide bonds. The molecule has 1 aromatic carbocycles. The molecule has 0 radical (unpaired) electrons. The van der Waals surface area contributed by atoms with Crippen LogP contribution in [0.15, 0.2) is 60.2 Å². The molecule has 4 nitrogen and oxygen atoms in total. The van der Waals surface area contributed by atoms with E-state index in [9.17, 15) is 5.11 Å². The van der Waals surface area contributed by atoms with Crippen molar-refractivity contribution in [3.05, 3.63) is 65.1 Å². The van der Waals surface area contributed by atoms with Crippen LogP contribution >= 0.6 is 11.3 Å². The lowest BCUT2D eigenvalue weighted by Gasteiger charge is -2.09. The predicted octanol–water partition coefficient (Wildman–Crippen LogP) is 4.11. The van der Waals surface area contributed by atoms with E-state index in [-0.39, 0.29) is 5.75 Å². The molecular formula is C18H15N3OS. The zero-order valence-corrected chi connectivity index (χ0v) is 13.2. The standard InChI is InChI=1S/C18H15N3OS/c22-14-3-4-16-17(12-14)21(10-7-15-2-1-11-23-15)18(20-16)13-5-8-19-9-6-13/h1-6,8-9,11-12,22H,7,10H2. The number of aromatic nitrogens is 3. The minimum absolute atomic E-state index is 0.260. The summed E-state index contributed by atoms with van der Waals surface area (Å²) >= 11 is 1.76. The first-order valence-electron chi connectivity index (χ1n) is 7.43. The summed E-state index contributed by atoms with van der Waals surface area (Å²) in [5, 5.41) is 11.9. The number of phenolic OH excluding ortho intramolecular Hbond substituents is 1. The lowest BCUT2D eigenvalue weighted by Crippen LogP contribution is -2.03. The third-order valence-corrected chi connectivity index (χ3v) is 4.77. The van der Waals surface area contributed by atoms with Gasteiger partial charge in [-0.3, -0.25) is 4.98 Å². The highest BCUT2D eigenvalue weighted by atomic mass is 32.1. The molecule has 0 saturated heterocycles. The van der Waals surface area contributed by atoms with E-state index in [0.29, 0.717) is 0 Å². The zero-order valence-electron chi connectivity index (χ0n) is 12.4. The van der Waals surface area contributed by atoms with Crippen molar-refractivity contribution < 1.29 is 5.11 Å². The summed E-state index contributed by atoms with van der Waals surface area (Å²) in [5.41, 5.74) is 2.87. The van der Waals surface area contributed by atoms with Gasteiger partial charge in [-0.1, -0.05) is 6.07 Å². The van der Waals surface area contributed by atoms with Crippen LogP contribution in [0.2, 0.25) is 0 Å². The van der Waals surface area contributed by atoms with Crippen LogP contribution in [0.3, 0.4) is 0 Å². The summed E-state index contributed by atoms with van der Waals surface area (Å²) in [5.74, 6) is 1.17. The fourth-order valence-corrected chi connectivity index (χ4v) is 3.43. The van der Waals surface area contributed by atoms with E-state index < -0.39 is 0 Å². The van der Waals surface area contributed by atoms with Gasteiger partial charge in [0.05, 0.1) is 11.0 Å². The van der Waals surface area contributed by atoms with Gasteiger partial charge < -0.3 is 9.67 Å². The van der Waals surface area contributed by atoms with E-state index in [4.69, 9.17) is 4.98 Å². The monoisotopic (exact) mass is 321 g/mol. The van der Waals surface area contributed by atoms with Gasteiger partial charge in [0.1, 0.15) is 11.6 Å². The highest BCUT2D eigenvalue weighted by Gasteiger charge is 2.13. The first kappa shape index (κ1) is 14.0. The van der Waals surface area contributed by atoms with Gasteiger partial charge in [-0.25, -0.2) is 4.98 Å². The number of aryl methyl sites for hydroxylation is 2. The molecule has 0 unspecified atom stereocenters. The average Bonchev–Trinajstić information content (AvgIpc) is 3.21. The zero-order chi connectivity index (χ0) is 15.6. The van der Waals surface area contributed by atoms with Gasteiger partial charge in [-0.2, -0.15) is 0 Å². The van der Waals surface area contributed by atoms with Crippen molar-refractivity contribution in [1.82, 2.24) is 14.5 Å². The fourth-order valence-electron chi connectivity index (χ4n) is 2.74. The number of hydrogen-bond donors (Lipinski definition) is 1. The van der Waals surface area contributed by atoms with Crippen molar-refractivity contribution in [2.75, 3.05) is 0 Å². The lowest BCUT2D eigenvalue weighted by molar-refractivity contribution is 0.476. The van der Waals surface area contributed by atoms with Gasteiger partial charge in [-0.05, 0) is 42.1 Å². The highest BCUT2D eigenvalue weighted by molar-refractivity contribution is 7.09. The van der Waals surface area contributed by atoms with Crippen molar-refractivity contribution in [2.45, 2.75) is 13.0 Å². The van der Waals surface area contributed by atoms with Crippen LogP contribution in [0.25, 0.3) is 22.4 Å². The third-order valence-electron chi connectivity index (χ3n) is 3.83. The van der Waals surface area contributed by atoms with Gasteiger partial charge >= 0.3 is 0 Å². The number of rotatable bonds is 4. The van der Waals surface area contributed by atoms with Crippen LogP contribution in [0.5, 0.6) is 5.75 Å². The van der Waals surface area contributed by atoms with Crippen LogP contribution in [0, 0.1) is 0 Å². The van der Waals surface area contributed by atoms with E-state index in [1.54, 1.807) is 35.9 Å². The number of fused-ring (bicyclic) bond motifs is 1. The Kier molecular flexibility index (Phi) is 3.55. The molecule has 0 spiro atoms. The van der Waals surface area contributed by atoms with E-state index in [0.717, 1.165) is 35.4 Å². The minimum atomic E-state index is 0.260. The van der Waals surface area contributed by atoms with Crippen LogP contribution in [0.4, 0.5) is 0 Å². The van der Waals surface area contributed by atoms with Gasteiger partial charge in [0.15, 0.2) is 0 Å². The SMILES string of the molecule is Oc1ccc2nc(-c3ccncc3)n(CCc3cccs3)c2c1. The van der Waals surface area contributed by atoms with E-state index in [1.807, 2.05) is 18.2 Å². The maximum absolute atomic E-state index is 9.84. The van der Waals surface area contributed by atoms with Gasteiger partial charge in [-0.15, -0.1) is 11.3 Å². The molecule has 3 heterocycles. The number of hydrogen-bond acceptors (Lipinski definition) is 4. The van der Waals surface area contributed by atoms with Gasteiger partial charge in [0.25, 0.3) is 0 Å². The summed E-state index contributed by atoms with van der Waals surface area (Å²) in [6.45, 7) is 0.818. The van der Waals surface area contributed by atoms with Gasteiger partial charge in [0, 0.05) is 35.4 Å². The van der Waals surface area contributed by atoms with Crippen molar-refractivity contribution in [2.24, 2.45) is 0 Å². The second-order valence-electron chi connectivity index (χ2n) is 5.33. The number of thiophene rings is 1. The number of phenols is 1. The van der Waals surface area contributed by atoms with Crippen LogP contribution in [-0.2, 0) is 13.0 Å². The van der Waals surface area contributed by atoms with Crippen molar-refractivity contribution in [3.8, 4) is 17.1 Å². The second kappa shape index (κ2) is 5.85. The summed E-state index contributed by atoms with van der Waals surface area (Å²) in [7, 11) is 0. The molecule has 1 N–H and O–H groups in total. The highest BCUT2D eigenvalue weighted by Crippen LogP contribution is 2.27. The first-order valence-corrected chi connectivity index (χ1v) is 8.31. The Morgan fingerprint density at radius 3 is 2.74 bits per heavy atom. The topological polar surface area (TPSA) is 50.9 Å². The smallest absolute Gasteiger partial charge is 0.141 e. The summed E-state index contributed by atoms with van der Waals surface area (Å²) < 4.78 is 2.17. The molecule has 0 aliphatic heterocycles. The Labute approximate surface area is 137 Å². The predicted molar refractivity (Wildman–Crippen MR) is 92.7 cm³/mol. The molecule has 3 aromatic heterocycles. The molecule has 5 heteroatoms. The molecule has 0 fully saturated rings. The number of nitrogens with zero attached hydrogens (tertiary/aromatic N) is 3. The number of aromatic hydroxyl groups is 1. The Morgan fingerprint density at radius 1 is 1.09 bits per heavy atom. The van der Waals surface area contributed by atoms with E-state index in [1.165, 1.54) is 4.88 Å². The molecule has 114 valence electrons. The van der Waals surface area contributed by atoms with Crippen LogP contribution < -0.4 is 0 Å². The summed E-state index contributed by atoms with van der Waals surface area (Å²) in [4.78, 5) is 10.2. The van der Waals surface area contributed by atoms with Crippen molar-refractivity contribution >= 4 is 22.4 Å². The third kappa shape index (κ3) is 2.71. The van der Waals surface area contributed by atoms with Crippen LogP contribution in [0.1, 0.15) is 4.88 Å². The first-order chi connectivity index (χ1) is 11.3. The molecule has 0 aliphatic carbocycles. The molecule has 4 rings (SSSR count). The Morgan fingerprint density at radius 2 is 1.96 bits per heavy atom. The molecule has 0 aliphatic rings. The fraction of sp³-hybridized carbons (Fsp3) is 0.111. The van der Waals surface area contributed by atoms with E-state index >= 15 is 0 Å². The molecule has 0 bridgehead atoms. The molecule has 0 saturated carbocycles. The Hall–Kier alpha value is -2.66. The number of imidazole rings is 1. The number of pyridine rings is 1. The second-order valence-corrected chi connectivity index (χ2v) is 6.36. The normalized spacial score (nSPS) is 11.1. The summed E-state index contributed by atoms with van der Waals surface area (Å²) in [6, 6.07) is 13.5. The summed E-state index contributed by atoms with van der Waals surface area (Å²) in [6.07, 6.45) is 4.49. The Bertz CT molecular complexity index is 930. The largest absolute Gasteiger partial charge is 0.508 e. The molecule has 0 atom stereocenters. The maximum atomic E-state index is 9.84.